The zero-order valence-electron chi connectivity index (χ0n) is 21.9. The number of likely N-dealkylation sites (tertiary alicyclic amines) is 2. The first-order valence-corrected chi connectivity index (χ1v) is 13.9. The first-order chi connectivity index (χ1) is 17.8. The van der Waals surface area contributed by atoms with Crippen LogP contribution in [0.2, 0.25) is 0 Å². The van der Waals surface area contributed by atoms with Crippen LogP contribution in [-0.4, -0.2) is 74.8 Å². The van der Waals surface area contributed by atoms with Gasteiger partial charge in [0, 0.05) is 55.3 Å². The zero-order chi connectivity index (χ0) is 26.4. The van der Waals surface area contributed by atoms with Crippen LogP contribution in [0.1, 0.15) is 74.7 Å². The zero-order valence-corrected chi connectivity index (χ0v) is 22.7. The van der Waals surface area contributed by atoms with Crippen LogP contribution < -0.4 is 5.32 Å². The number of amides is 2. The van der Waals surface area contributed by atoms with Crippen LogP contribution >= 0.6 is 11.3 Å². The predicted octanol–water partition coefficient (Wildman–Crippen LogP) is 3.59. The van der Waals surface area contributed by atoms with Crippen molar-refractivity contribution < 1.29 is 19.1 Å². The van der Waals surface area contributed by atoms with Crippen molar-refractivity contribution in [3.8, 4) is 0 Å². The van der Waals surface area contributed by atoms with Gasteiger partial charge in [0.15, 0.2) is 11.7 Å². The van der Waals surface area contributed by atoms with Crippen molar-refractivity contribution in [2.45, 2.75) is 77.7 Å². The van der Waals surface area contributed by atoms with E-state index in [0.717, 1.165) is 61.0 Å². The molecule has 2 aromatic rings. The normalized spacial score (nSPS) is 18.5. The molecule has 0 saturated carbocycles. The van der Waals surface area contributed by atoms with Gasteiger partial charge < -0.3 is 19.9 Å². The van der Waals surface area contributed by atoms with Gasteiger partial charge in [-0.15, -0.1) is 11.3 Å². The number of hydrogen-bond acceptors (Lipinski definition) is 9. The first-order valence-electron chi connectivity index (χ1n) is 13.1. The number of aromatic nitrogens is 3. The Labute approximate surface area is 221 Å². The number of esters is 1. The van der Waals surface area contributed by atoms with Gasteiger partial charge in [-0.1, -0.05) is 13.3 Å². The Balaban J connectivity index is 1.36. The molecule has 2 fully saturated rings. The molecular weight excluding hydrogens is 492 g/mol. The van der Waals surface area contributed by atoms with E-state index in [9.17, 15) is 14.4 Å². The van der Waals surface area contributed by atoms with Crippen LogP contribution in [0.4, 0.5) is 10.9 Å². The molecule has 2 aromatic heterocycles. The Morgan fingerprint density at radius 1 is 1.14 bits per heavy atom. The number of hydrogen-bond donors (Lipinski definition) is 1. The SMILES string of the molecule is CCCc1cnc(Nc2cc(C)nc(C3CCN(C(=O)[C@H]4CCCCN4C(=O)COC(C)=O)CC3)n2)s1. The van der Waals surface area contributed by atoms with E-state index < -0.39 is 12.0 Å². The fourth-order valence-electron chi connectivity index (χ4n) is 4.98. The maximum absolute atomic E-state index is 13.4. The molecule has 4 heterocycles. The van der Waals surface area contributed by atoms with Crippen molar-refractivity contribution >= 4 is 40.1 Å². The Morgan fingerprint density at radius 3 is 2.65 bits per heavy atom. The van der Waals surface area contributed by atoms with Crippen LogP contribution in [0, 0.1) is 6.92 Å². The third kappa shape index (κ3) is 7.03. The Hall–Kier alpha value is -3.08. The third-order valence-corrected chi connectivity index (χ3v) is 7.81. The first kappa shape index (κ1) is 27.0. The second kappa shape index (κ2) is 12.4. The molecule has 200 valence electrons. The molecule has 0 spiro atoms. The molecule has 0 aromatic carbocycles. The van der Waals surface area contributed by atoms with Crippen molar-refractivity contribution in [1.29, 1.82) is 0 Å². The minimum atomic E-state index is -0.500. The van der Waals surface area contributed by atoms with E-state index in [1.807, 2.05) is 24.1 Å². The molecule has 0 bridgehead atoms. The molecule has 1 N–H and O–H groups in total. The summed E-state index contributed by atoms with van der Waals surface area (Å²) in [6, 6.07) is 1.43. The molecule has 0 aliphatic carbocycles. The Kier molecular flexibility index (Phi) is 9.07. The van der Waals surface area contributed by atoms with Crippen molar-refractivity contribution in [2.24, 2.45) is 0 Å². The maximum Gasteiger partial charge on any atom is 0.303 e. The van der Waals surface area contributed by atoms with E-state index in [4.69, 9.17) is 14.7 Å². The second-order valence-electron chi connectivity index (χ2n) is 9.74. The second-order valence-corrected chi connectivity index (χ2v) is 10.9. The molecule has 1 atom stereocenters. The topological polar surface area (TPSA) is 118 Å². The molecule has 2 saturated heterocycles. The molecule has 2 aliphatic rings. The highest BCUT2D eigenvalue weighted by molar-refractivity contribution is 7.15. The van der Waals surface area contributed by atoms with E-state index in [-0.39, 0.29) is 24.3 Å². The fraction of sp³-hybridized carbons (Fsp3) is 0.615. The van der Waals surface area contributed by atoms with Crippen LogP contribution in [0.3, 0.4) is 0 Å². The number of aryl methyl sites for hydroxylation is 2. The number of nitrogens with one attached hydrogen (secondary N) is 1. The standard InChI is InChI=1S/C26H36N6O4S/c1-4-7-20-15-27-26(37-20)30-22-14-17(2)28-24(29-22)19-9-12-31(13-10-19)25(35)21-8-5-6-11-32(21)23(34)16-36-18(3)33/h14-15,19,21H,4-13,16H2,1-3H3,(H,27,28,29,30)/t21-/m1/s1. The molecule has 0 unspecified atom stereocenters. The minimum absolute atomic E-state index is 0.0199. The number of piperidine rings is 2. The summed E-state index contributed by atoms with van der Waals surface area (Å²) in [6.45, 7) is 6.78. The maximum atomic E-state index is 13.4. The highest BCUT2D eigenvalue weighted by atomic mass is 32.1. The lowest BCUT2D eigenvalue weighted by molar-refractivity contribution is -0.155. The highest BCUT2D eigenvalue weighted by Crippen LogP contribution is 2.30. The number of rotatable bonds is 8. The summed E-state index contributed by atoms with van der Waals surface area (Å²) in [5, 5.41) is 4.16. The van der Waals surface area contributed by atoms with Crippen LogP contribution in [0.5, 0.6) is 0 Å². The summed E-state index contributed by atoms with van der Waals surface area (Å²) in [7, 11) is 0. The van der Waals surface area contributed by atoms with Gasteiger partial charge in [-0.2, -0.15) is 0 Å². The van der Waals surface area contributed by atoms with Gasteiger partial charge in [-0.05, 0) is 45.4 Å². The van der Waals surface area contributed by atoms with Gasteiger partial charge in [-0.25, -0.2) is 15.0 Å². The van der Waals surface area contributed by atoms with Gasteiger partial charge in [0.25, 0.3) is 5.91 Å². The Bertz CT molecular complexity index is 1110. The number of carbonyl (C=O) groups is 3. The molecule has 11 heteroatoms. The van der Waals surface area contributed by atoms with Crippen LogP contribution in [-0.2, 0) is 25.5 Å². The lowest BCUT2D eigenvalue weighted by Crippen LogP contribution is -2.55. The van der Waals surface area contributed by atoms with Gasteiger partial charge in [0.1, 0.15) is 17.7 Å². The lowest BCUT2D eigenvalue weighted by atomic mass is 9.94. The number of nitrogens with zero attached hydrogens (tertiary/aromatic N) is 5. The van der Waals surface area contributed by atoms with E-state index in [1.54, 1.807) is 16.2 Å². The number of anilines is 2. The Morgan fingerprint density at radius 2 is 1.92 bits per heavy atom. The molecule has 2 amide bonds. The van der Waals surface area contributed by atoms with Gasteiger partial charge >= 0.3 is 5.97 Å². The smallest absolute Gasteiger partial charge is 0.303 e. The molecule has 0 radical (unpaired) electrons. The number of ether oxygens (including phenoxy) is 1. The average molecular weight is 529 g/mol. The van der Waals surface area contributed by atoms with Crippen molar-refractivity contribution in [3.63, 3.8) is 0 Å². The molecule has 4 rings (SSSR count). The molecule has 10 nitrogen and oxygen atoms in total. The minimum Gasteiger partial charge on any atom is -0.456 e. The largest absolute Gasteiger partial charge is 0.456 e. The fourth-order valence-corrected chi connectivity index (χ4v) is 5.90. The van der Waals surface area contributed by atoms with Crippen LogP contribution in [0.15, 0.2) is 12.3 Å². The average Bonchev–Trinajstić information content (AvgIpc) is 3.33. The summed E-state index contributed by atoms with van der Waals surface area (Å²) in [5.41, 5.74) is 0.889. The summed E-state index contributed by atoms with van der Waals surface area (Å²) in [5.74, 6) is 0.856. The summed E-state index contributed by atoms with van der Waals surface area (Å²) < 4.78 is 4.88. The van der Waals surface area contributed by atoms with Crippen molar-refractivity contribution in [2.75, 3.05) is 31.6 Å². The van der Waals surface area contributed by atoms with Crippen molar-refractivity contribution in [1.82, 2.24) is 24.8 Å². The monoisotopic (exact) mass is 528 g/mol. The lowest BCUT2D eigenvalue weighted by Gasteiger charge is -2.39. The van der Waals surface area contributed by atoms with Gasteiger partial charge in [-0.3, -0.25) is 14.4 Å². The van der Waals surface area contributed by atoms with E-state index in [1.165, 1.54) is 11.8 Å². The van der Waals surface area contributed by atoms with E-state index in [0.29, 0.717) is 26.1 Å². The van der Waals surface area contributed by atoms with Crippen LogP contribution in [0.25, 0.3) is 0 Å². The van der Waals surface area contributed by atoms with E-state index in [2.05, 4.69) is 17.2 Å². The van der Waals surface area contributed by atoms with Gasteiger partial charge in [0.2, 0.25) is 5.91 Å². The summed E-state index contributed by atoms with van der Waals surface area (Å²) >= 11 is 1.64. The van der Waals surface area contributed by atoms with E-state index >= 15 is 0 Å². The predicted molar refractivity (Wildman–Crippen MR) is 141 cm³/mol. The molecule has 37 heavy (non-hydrogen) atoms. The molecule has 2 aliphatic heterocycles. The summed E-state index contributed by atoms with van der Waals surface area (Å²) in [4.78, 5) is 55.8. The molecular formula is C26H36N6O4S. The number of thiazole rings is 1. The van der Waals surface area contributed by atoms with Crippen molar-refractivity contribution in [3.05, 3.63) is 28.7 Å². The van der Waals surface area contributed by atoms with Gasteiger partial charge in [0.05, 0.1) is 0 Å². The quantitative estimate of drug-likeness (QED) is 0.517. The third-order valence-electron chi connectivity index (χ3n) is 6.84. The number of carbonyl (C=O) groups excluding carboxylic acids is 3. The highest BCUT2D eigenvalue weighted by Gasteiger charge is 2.36. The summed E-state index contributed by atoms with van der Waals surface area (Å²) in [6.07, 6.45) is 7.93.